The van der Waals surface area contributed by atoms with Crippen LogP contribution in [0.3, 0.4) is 0 Å². The van der Waals surface area contributed by atoms with Gasteiger partial charge in [0.2, 0.25) is 0 Å². The number of fused-ring (bicyclic) bond motifs is 5. The van der Waals surface area contributed by atoms with E-state index in [1.807, 2.05) is 6.92 Å². The lowest BCUT2D eigenvalue weighted by Gasteiger charge is -2.52. The number of hydrogen-bond donors (Lipinski definition) is 1. The van der Waals surface area contributed by atoms with E-state index in [1.54, 1.807) is 0 Å². The Morgan fingerprint density at radius 2 is 1.67 bits per heavy atom. The molecular formula is C27H46O2Si. The maximum absolute atomic E-state index is 11.0. The largest absolute Gasteiger partial charge is 0.413 e. The van der Waals surface area contributed by atoms with Crippen molar-refractivity contribution >= 4 is 8.32 Å². The first kappa shape index (κ1) is 22.8. The summed E-state index contributed by atoms with van der Waals surface area (Å²) >= 11 is 0. The van der Waals surface area contributed by atoms with Gasteiger partial charge in [-0.1, -0.05) is 61.5 Å². The molecule has 4 rings (SSSR count). The second-order valence-corrected chi connectivity index (χ2v) is 18.6. The van der Waals surface area contributed by atoms with Gasteiger partial charge in [0.05, 0.1) is 11.7 Å². The second-order valence-electron chi connectivity index (χ2n) is 13.9. The van der Waals surface area contributed by atoms with Gasteiger partial charge in [0.25, 0.3) is 0 Å². The SMILES string of the molecule is C[C@@H]1C=C2C[C@](C)(O)C=C2[C@]2(C)[C@@H]([C@@H]1O[Si](C)(C)C(C)(C)C)[C@H]1[C@@H](C[C@H]2C)C1(C)C. The summed E-state index contributed by atoms with van der Waals surface area (Å²) in [6.07, 6.45) is 7.02. The van der Waals surface area contributed by atoms with Crippen LogP contribution in [-0.4, -0.2) is 25.1 Å². The lowest BCUT2D eigenvalue weighted by Crippen LogP contribution is -2.53. The second kappa shape index (κ2) is 6.35. The molecule has 0 saturated heterocycles. The van der Waals surface area contributed by atoms with Crippen LogP contribution in [0.1, 0.15) is 75.2 Å². The Morgan fingerprint density at radius 1 is 1.07 bits per heavy atom. The van der Waals surface area contributed by atoms with Crippen LogP contribution in [0, 0.1) is 40.4 Å². The number of hydrogen-bond acceptors (Lipinski definition) is 2. The molecule has 0 bridgehead atoms. The van der Waals surface area contributed by atoms with Gasteiger partial charge in [0.15, 0.2) is 8.32 Å². The zero-order chi connectivity index (χ0) is 22.7. The van der Waals surface area contributed by atoms with Crippen molar-refractivity contribution < 1.29 is 9.53 Å². The van der Waals surface area contributed by atoms with E-state index in [1.165, 1.54) is 17.6 Å². The standard InChI is InChI=1S/C27H46O2Si/c1-16-12-18-14-26(8,28)15-20(18)27(9)17(2)13-19-21(25(19,6)7)22(27)23(16)29-30(10,11)24(3,4)5/h12,15-17,19,21-23,28H,13-14H2,1-11H3/t16-,17-,19-,21-,22-,23-,26+,27-/m1/s1. The van der Waals surface area contributed by atoms with Crippen molar-refractivity contribution in [2.75, 3.05) is 0 Å². The minimum Gasteiger partial charge on any atom is -0.413 e. The third kappa shape index (κ3) is 3.09. The summed E-state index contributed by atoms with van der Waals surface area (Å²) in [5.74, 6) is 3.02. The first-order valence-corrected chi connectivity index (χ1v) is 15.2. The van der Waals surface area contributed by atoms with Gasteiger partial charge in [-0.15, -0.1) is 0 Å². The van der Waals surface area contributed by atoms with Crippen LogP contribution in [0.2, 0.25) is 18.1 Å². The fraction of sp³-hybridized carbons (Fsp3) is 0.852. The molecule has 3 heteroatoms. The number of allylic oxidation sites excluding steroid dienone is 1. The summed E-state index contributed by atoms with van der Waals surface area (Å²) in [6.45, 7) is 26.3. The molecule has 1 N–H and O–H groups in total. The summed E-state index contributed by atoms with van der Waals surface area (Å²) < 4.78 is 7.33. The lowest BCUT2D eigenvalue weighted by molar-refractivity contribution is -0.0297. The Morgan fingerprint density at radius 3 is 2.23 bits per heavy atom. The van der Waals surface area contributed by atoms with Gasteiger partial charge in [-0.3, -0.25) is 0 Å². The van der Waals surface area contributed by atoms with Gasteiger partial charge in [0, 0.05) is 11.8 Å². The third-order valence-corrected chi connectivity index (χ3v) is 14.8. The molecule has 2 fully saturated rings. The van der Waals surface area contributed by atoms with E-state index >= 15 is 0 Å². The third-order valence-electron chi connectivity index (χ3n) is 10.4. The molecule has 0 heterocycles. The van der Waals surface area contributed by atoms with E-state index in [2.05, 4.69) is 80.6 Å². The molecule has 0 aromatic rings. The topological polar surface area (TPSA) is 29.5 Å². The van der Waals surface area contributed by atoms with Crippen LogP contribution < -0.4 is 0 Å². The zero-order valence-corrected chi connectivity index (χ0v) is 22.4. The number of rotatable bonds is 2. The molecule has 0 unspecified atom stereocenters. The predicted octanol–water partition coefficient (Wildman–Crippen LogP) is 6.97. The minimum atomic E-state index is -1.91. The molecule has 2 nitrogen and oxygen atoms in total. The maximum atomic E-state index is 11.0. The van der Waals surface area contributed by atoms with Gasteiger partial charge in [-0.25, -0.2) is 0 Å². The van der Waals surface area contributed by atoms with Crippen LogP contribution in [0.15, 0.2) is 23.3 Å². The minimum absolute atomic E-state index is 0.0685. The first-order valence-electron chi connectivity index (χ1n) is 12.3. The Bertz CT molecular complexity index is 796. The summed E-state index contributed by atoms with van der Waals surface area (Å²) in [5, 5.41) is 11.2. The van der Waals surface area contributed by atoms with Crippen LogP contribution in [-0.2, 0) is 4.43 Å². The predicted molar refractivity (Wildman–Crippen MR) is 129 cm³/mol. The van der Waals surface area contributed by atoms with E-state index in [-0.39, 0.29) is 16.6 Å². The molecule has 0 amide bonds. The molecule has 0 aliphatic heterocycles. The molecule has 0 spiro atoms. The van der Waals surface area contributed by atoms with Crippen molar-refractivity contribution in [2.24, 2.45) is 40.4 Å². The van der Waals surface area contributed by atoms with E-state index in [0.717, 1.165) is 18.3 Å². The van der Waals surface area contributed by atoms with E-state index in [9.17, 15) is 5.11 Å². The fourth-order valence-electron chi connectivity index (χ4n) is 7.29. The van der Waals surface area contributed by atoms with E-state index < -0.39 is 13.9 Å². The Kier molecular flexibility index (Phi) is 4.83. The van der Waals surface area contributed by atoms with Crippen molar-refractivity contribution in [3.8, 4) is 0 Å². The molecule has 30 heavy (non-hydrogen) atoms. The molecular weight excluding hydrogens is 384 g/mol. The van der Waals surface area contributed by atoms with E-state index in [4.69, 9.17) is 4.43 Å². The highest BCUT2D eigenvalue weighted by atomic mass is 28.4. The van der Waals surface area contributed by atoms with Crippen molar-refractivity contribution in [3.63, 3.8) is 0 Å². The molecule has 2 saturated carbocycles. The van der Waals surface area contributed by atoms with Crippen LogP contribution >= 0.6 is 0 Å². The van der Waals surface area contributed by atoms with Gasteiger partial charge in [-0.05, 0) is 83.7 Å². The highest BCUT2D eigenvalue weighted by Crippen LogP contribution is 2.75. The van der Waals surface area contributed by atoms with Crippen molar-refractivity contribution in [2.45, 2.75) is 105 Å². The van der Waals surface area contributed by atoms with Crippen LogP contribution in [0.4, 0.5) is 0 Å². The Hall–Kier alpha value is -0.383. The zero-order valence-electron chi connectivity index (χ0n) is 21.4. The first-order chi connectivity index (χ1) is 13.4. The van der Waals surface area contributed by atoms with Crippen LogP contribution in [0.25, 0.3) is 0 Å². The van der Waals surface area contributed by atoms with E-state index in [0.29, 0.717) is 23.2 Å². The monoisotopic (exact) mass is 430 g/mol. The summed E-state index contributed by atoms with van der Waals surface area (Å²) in [4.78, 5) is 0. The van der Waals surface area contributed by atoms with Crippen molar-refractivity contribution in [3.05, 3.63) is 23.3 Å². The molecule has 0 aromatic heterocycles. The van der Waals surface area contributed by atoms with Crippen molar-refractivity contribution in [1.82, 2.24) is 0 Å². The van der Waals surface area contributed by atoms with Crippen LogP contribution in [0.5, 0.6) is 0 Å². The molecule has 170 valence electrons. The summed E-state index contributed by atoms with van der Waals surface area (Å²) in [6, 6.07) is 0. The fourth-order valence-corrected chi connectivity index (χ4v) is 8.69. The average Bonchev–Trinajstić information content (AvgIpc) is 2.95. The molecule has 0 aromatic carbocycles. The quantitative estimate of drug-likeness (QED) is 0.479. The highest BCUT2D eigenvalue weighted by Gasteiger charge is 2.71. The smallest absolute Gasteiger partial charge is 0.192 e. The lowest BCUT2D eigenvalue weighted by atomic mass is 9.56. The van der Waals surface area contributed by atoms with Crippen molar-refractivity contribution in [1.29, 1.82) is 0 Å². The van der Waals surface area contributed by atoms with Gasteiger partial charge in [0.1, 0.15) is 0 Å². The number of aliphatic hydroxyl groups is 1. The highest BCUT2D eigenvalue weighted by molar-refractivity contribution is 6.74. The summed E-state index contributed by atoms with van der Waals surface area (Å²) in [7, 11) is -1.91. The van der Waals surface area contributed by atoms with Gasteiger partial charge >= 0.3 is 0 Å². The molecule has 4 aliphatic rings. The normalized spacial score (nSPS) is 47.5. The van der Waals surface area contributed by atoms with Gasteiger partial charge < -0.3 is 9.53 Å². The Labute approximate surface area is 186 Å². The molecule has 8 atom stereocenters. The summed E-state index contributed by atoms with van der Waals surface area (Å²) in [5.41, 5.74) is 2.60. The maximum Gasteiger partial charge on any atom is 0.192 e. The average molecular weight is 431 g/mol. The molecule has 0 radical (unpaired) electrons. The Balaban J connectivity index is 1.87. The molecule has 4 aliphatic carbocycles. The van der Waals surface area contributed by atoms with Gasteiger partial charge in [-0.2, -0.15) is 0 Å².